The Labute approximate surface area is 61.1 Å². The molecular formula is C3H9MgO2P. The van der Waals surface area contributed by atoms with Crippen molar-refractivity contribution < 1.29 is 9.09 Å². The molecule has 0 fully saturated rings. The molecule has 0 aromatic carbocycles. The summed E-state index contributed by atoms with van der Waals surface area (Å²) in [6.07, 6.45) is 0.0733. The average molecular weight is 132 g/mol. The first-order valence-corrected chi connectivity index (χ1v) is 2.49. The van der Waals surface area contributed by atoms with E-state index in [1.165, 1.54) is 0 Å². The molecule has 40 valence electrons. The summed E-state index contributed by atoms with van der Waals surface area (Å²) in [4.78, 5) is 0. The minimum absolute atomic E-state index is 0. The number of hydrogen-bond acceptors (Lipinski definition) is 2. The lowest BCUT2D eigenvalue weighted by Gasteiger charge is -1.91. The minimum Gasteiger partial charge on any atom is -0.292 e. The van der Waals surface area contributed by atoms with Crippen molar-refractivity contribution in [2.75, 3.05) is 0 Å². The molecule has 0 saturated heterocycles. The monoisotopic (exact) mass is 132 g/mol. The van der Waals surface area contributed by atoms with Crippen LogP contribution in [0, 0.1) is 0 Å². The molecule has 0 heterocycles. The summed E-state index contributed by atoms with van der Waals surface area (Å²) in [6, 6.07) is 0. The van der Waals surface area contributed by atoms with E-state index in [0.29, 0.717) is 0 Å². The largest absolute Gasteiger partial charge is 0.327 e. The van der Waals surface area contributed by atoms with Gasteiger partial charge in [-0.2, -0.15) is 0 Å². The van der Waals surface area contributed by atoms with Crippen molar-refractivity contribution in [3.63, 3.8) is 0 Å². The van der Waals surface area contributed by atoms with Gasteiger partial charge in [-0.1, -0.05) is 0 Å². The van der Waals surface area contributed by atoms with E-state index in [1.807, 2.05) is 13.8 Å². The van der Waals surface area contributed by atoms with Gasteiger partial charge in [0.15, 0.2) is 0 Å². The van der Waals surface area contributed by atoms with Gasteiger partial charge in [-0.05, 0) is 13.8 Å². The van der Waals surface area contributed by atoms with Crippen LogP contribution in [-0.4, -0.2) is 29.2 Å². The lowest BCUT2D eigenvalue weighted by atomic mass is 10.5. The Morgan fingerprint density at radius 1 is 1.57 bits per heavy atom. The van der Waals surface area contributed by atoms with Gasteiger partial charge in [0, 0.05) is 0 Å². The lowest BCUT2D eigenvalue weighted by Crippen LogP contribution is -1.89. The fourth-order valence-electron chi connectivity index (χ4n) is 0.0861. The summed E-state index contributed by atoms with van der Waals surface area (Å²) < 4.78 is 13.9. The van der Waals surface area contributed by atoms with E-state index in [2.05, 4.69) is 4.52 Å². The van der Waals surface area contributed by atoms with E-state index < -0.39 is 0 Å². The van der Waals surface area contributed by atoms with E-state index in [4.69, 9.17) is 0 Å². The van der Waals surface area contributed by atoms with Gasteiger partial charge in [-0.3, -0.25) is 4.52 Å². The first kappa shape index (κ1) is 10.7. The summed E-state index contributed by atoms with van der Waals surface area (Å²) in [6.45, 7) is 3.65. The first-order valence-electron chi connectivity index (χ1n) is 1.76. The predicted molar refractivity (Wildman–Crippen MR) is 32.4 cm³/mol. The van der Waals surface area contributed by atoms with Gasteiger partial charge in [-0.15, -0.1) is 0 Å². The van der Waals surface area contributed by atoms with Gasteiger partial charge < -0.3 is 0 Å². The first-order chi connectivity index (χ1) is 2.77. The Hall–Kier alpha value is 0.826. The van der Waals surface area contributed by atoms with Crippen LogP contribution < -0.4 is 0 Å². The third-order valence-electron chi connectivity index (χ3n) is 0.254. The van der Waals surface area contributed by atoms with Crippen LogP contribution in [-0.2, 0) is 9.09 Å². The van der Waals surface area contributed by atoms with Crippen LogP contribution in [0.25, 0.3) is 0 Å². The molecule has 0 bridgehead atoms. The molecule has 0 aliphatic carbocycles. The van der Waals surface area contributed by atoms with E-state index in [-0.39, 0.29) is 37.8 Å². The highest BCUT2D eigenvalue weighted by Gasteiger charge is 1.86. The standard InChI is InChI=1S/C3H7O2P.Mg.2H/c1-3(2)5-6-4;;;/h3H,1-2H3;;;. The Balaban J connectivity index is 0. The van der Waals surface area contributed by atoms with E-state index in [9.17, 15) is 4.57 Å². The molecule has 0 rings (SSSR count). The summed E-state index contributed by atoms with van der Waals surface area (Å²) in [5.41, 5.74) is 0. The summed E-state index contributed by atoms with van der Waals surface area (Å²) in [5.74, 6) is 0. The Morgan fingerprint density at radius 3 is 2.00 bits per heavy atom. The van der Waals surface area contributed by atoms with Crippen molar-refractivity contribution in [3.8, 4) is 0 Å². The second-order valence-corrected chi connectivity index (χ2v) is 1.59. The summed E-state index contributed by atoms with van der Waals surface area (Å²) in [5, 5.41) is 0. The molecule has 0 aromatic rings. The van der Waals surface area contributed by atoms with Crippen molar-refractivity contribution in [2.45, 2.75) is 20.0 Å². The smallest absolute Gasteiger partial charge is 0.292 e. The van der Waals surface area contributed by atoms with Crippen LogP contribution in [0.4, 0.5) is 0 Å². The minimum atomic E-state index is -0.226. The second kappa shape index (κ2) is 6.83. The van der Waals surface area contributed by atoms with E-state index in [1.54, 1.807) is 0 Å². The molecule has 2 nitrogen and oxygen atoms in total. The Kier molecular flexibility index (Phi) is 10.5. The molecule has 0 atom stereocenters. The van der Waals surface area contributed by atoms with E-state index in [0.717, 1.165) is 0 Å². The van der Waals surface area contributed by atoms with Crippen LogP contribution in [0.15, 0.2) is 0 Å². The van der Waals surface area contributed by atoms with Crippen molar-refractivity contribution in [2.24, 2.45) is 0 Å². The molecule has 4 heteroatoms. The zero-order chi connectivity index (χ0) is 4.99. The van der Waals surface area contributed by atoms with Crippen LogP contribution in [0.2, 0.25) is 0 Å². The van der Waals surface area contributed by atoms with Gasteiger partial charge in [0.2, 0.25) is 0 Å². The molecule has 7 heavy (non-hydrogen) atoms. The molecule has 0 radical (unpaired) electrons. The maximum absolute atomic E-state index is 9.49. The highest BCUT2D eigenvalue weighted by atomic mass is 31.1. The fraction of sp³-hybridized carbons (Fsp3) is 1.00. The molecule has 0 amide bonds. The van der Waals surface area contributed by atoms with Crippen molar-refractivity contribution >= 4 is 31.7 Å². The Morgan fingerprint density at radius 2 is 2.00 bits per heavy atom. The maximum Gasteiger partial charge on any atom is 0.327 e. The third-order valence-corrected chi connectivity index (χ3v) is 0.762. The third kappa shape index (κ3) is 10.9. The zero-order valence-electron chi connectivity index (χ0n) is 3.84. The van der Waals surface area contributed by atoms with Crippen LogP contribution >= 0.6 is 8.69 Å². The maximum atomic E-state index is 9.49. The molecule has 0 saturated carbocycles. The molecular weight excluding hydrogens is 123 g/mol. The van der Waals surface area contributed by atoms with E-state index >= 15 is 0 Å². The van der Waals surface area contributed by atoms with Crippen molar-refractivity contribution in [1.82, 2.24) is 0 Å². The molecule has 0 N–H and O–H groups in total. The normalized spacial score (nSPS) is 9.00. The average Bonchev–Trinajstić information content (AvgIpc) is 1.35. The van der Waals surface area contributed by atoms with Crippen molar-refractivity contribution in [3.05, 3.63) is 0 Å². The van der Waals surface area contributed by atoms with Gasteiger partial charge in [0.05, 0.1) is 6.10 Å². The molecule has 0 unspecified atom stereocenters. The lowest BCUT2D eigenvalue weighted by molar-refractivity contribution is 0.267. The molecule has 0 aromatic heterocycles. The van der Waals surface area contributed by atoms with Gasteiger partial charge >= 0.3 is 31.7 Å². The van der Waals surface area contributed by atoms with Crippen molar-refractivity contribution in [1.29, 1.82) is 0 Å². The molecule has 0 aliphatic heterocycles. The van der Waals surface area contributed by atoms with Gasteiger partial charge in [0.25, 0.3) is 0 Å². The predicted octanol–water partition coefficient (Wildman–Crippen LogP) is 0.702. The van der Waals surface area contributed by atoms with Crippen LogP contribution in [0.5, 0.6) is 0 Å². The topological polar surface area (TPSA) is 26.3 Å². The summed E-state index contributed by atoms with van der Waals surface area (Å²) in [7, 11) is -0.226. The SMILES string of the molecule is CC(C)OP=O.[MgH2]. The van der Waals surface area contributed by atoms with Gasteiger partial charge in [-0.25, -0.2) is 4.57 Å². The van der Waals surface area contributed by atoms with Crippen LogP contribution in [0.3, 0.4) is 0 Å². The Bertz CT molecular complexity index is 48.2. The fourth-order valence-corrected chi connectivity index (χ4v) is 0.258. The number of hydrogen-bond donors (Lipinski definition) is 0. The molecule has 0 spiro atoms. The second-order valence-electron chi connectivity index (χ2n) is 1.23. The highest BCUT2D eigenvalue weighted by Crippen LogP contribution is 1.98. The number of rotatable bonds is 2. The van der Waals surface area contributed by atoms with Crippen LogP contribution in [0.1, 0.15) is 13.8 Å². The zero-order valence-corrected chi connectivity index (χ0v) is 4.74. The quantitative estimate of drug-likeness (QED) is 0.408. The molecule has 0 aliphatic rings. The highest BCUT2D eigenvalue weighted by molar-refractivity contribution is 7.17. The summed E-state index contributed by atoms with van der Waals surface area (Å²) >= 11 is 0. The van der Waals surface area contributed by atoms with Gasteiger partial charge in [0.1, 0.15) is 0 Å².